The molecule has 0 atom stereocenters. The number of nitrogens with zero attached hydrogens (tertiary/aromatic N) is 3. The Bertz CT molecular complexity index is 831. The highest BCUT2D eigenvalue weighted by Crippen LogP contribution is 2.22. The molecule has 3 rings (SSSR count). The van der Waals surface area contributed by atoms with Crippen molar-refractivity contribution in [3.8, 4) is 6.07 Å². The molecule has 0 radical (unpaired) electrons. The van der Waals surface area contributed by atoms with E-state index in [4.69, 9.17) is 16.9 Å². The van der Waals surface area contributed by atoms with Crippen LogP contribution in [0.2, 0.25) is 5.02 Å². The molecule has 0 unspecified atom stereocenters. The molecule has 0 amide bonds. The van der Waals surface area contributed by atoms with Gasteiger partial charge in [0.15, 0.2) is 0 Å². The quantitative estimate of drug-likeness (QED) is 0.808. The van der Waals surface area contributed by atoms with Crippen LogP contribution in [0.25, 0.3) is 11.0 Å². The first-order chi connectivity index (χ1) is 10.2. The Kier molecular flexibility index (Phi) is 3.61. The van der Waals surface area contributed by atoms with Gasteiger partial charge in [-0.1, -0.05) is 23.7 Å². The van der Waals surface area contributed by atoms with Gasteiger partial charge in [0, 0.05) is 11.6 Å². The highest BCUT2D eigenvalue weighted by Gasteiger charge is 2.10. The molecule has 21 heavy (non-hydrogen) atoms. The van der Waals surface area contributed by atoms with E-state index in [1.807, 2.05) is 28.8 Å². The second-order valence-electron chi connectivity index (χ2n) is 4.71. The topological polar surface area (TPSA) is 61.8 Å². The van der Waals surface area contributed by atoms with Crippen molar-refractivity contribution in [1.29, 1.82) is 5.26 Å². The van der Waals surface area contributed by atoms with E-state index in [-0.39, 0.29) is 6.61 Å². The maximum absolute atomic E-state index is 9.49. The summed E-state index contributed by atoms with van der Waals surface area (Å²) >= 11 is 5.97. The minimum absolute atomic E-state index is 0.136. The van der Waals surface area contributed by atoms with Crippen LogP contribution >= 0.6 is 11.6 Å². The van der Waals surface area contributed by atoms with Crippen LogP contribution < -0.4 is 0 Å². The van der Waals surface area contributed by atoms with Crippen LogP contribution in [0, 0.1) is 11.3 Å². The first kappa shape index (κ1) is 13.6. The van der Waals surface area contributed by atoms with E-state index in [2.05, 4.69) is 11.1 Å². The van der Waals surface area contributed by atoms with Crippen molar-refractivity contribution < 1.29 is 5.11 Å². The molecule has 4 nitrogen and oxygen atoms in total. The average molecular weight is 298 g/mol. The highest BCUT2D eigenvalue weighted by molar-refractivity contribution is 6.31. The van der Waals surface area contributed by atoms with E-state index in [0.717, 1.165) is 16.6 Å². The van der Waals surface area contributed by atoms with E-state index in [1.54, 1.807) is 18.2 Å². The van der Waals surface area contributed by atoms with Crippen LogP contribution in [0.4, 0.5) is 0 Å². The maximum atomic E-state index is 9.49. The van der Waals surface area contributed by atoms with Gasteiger partial charge in [-0.3, -0.25) is 0 Å². The molecule has 0 saturated heterocycles. The number of nitriles is 1. The standard InChI is InChI=1S/C16H12ClN3O/c17-13-5-6-15-14(7-13)19-16(10-21)20(15)9-12-3-1-11(8-18)2-4-12/h1-7,21H,9-10H2. The van der Waals surface area contributed by atoms with E-state index < -0.39 is 0 Å². The molecule has 0 fully saturated rings. The predicted molar refractivity (Wildman–Crippen MR) is 80.9 cm³/mol. The Morgan fingerprint density at radius 2 is 1.95 bits per heavy atom. The minimum Gasteiger partial charge on any atom is -0.388 e. The van der Waals surface area contributed by atoms with Crippen molar-refractivity contribution in [3.63, 3.8) is 0 Å². The Balaban J connectivity index is 2.04. The SMILES string of the molecule is N#Cc1ccc(Cn2c(CO)nc3cc(Cl)ccc32)cc1. The number of aromatic nitrogens is 2. The first-order valence-corrected chi connectivity index (χ1v) is 6.83. The smallest absolute Gasteiger partial charge is 0.136 e. The minimum atomic E-state index is -0.136. The second-order valence-corrected chi connectivity index (χ2v) is 5.15. The van der Waals surface area contributed by atoms with Gasteiger partial charge in [-0.25, -0.2) is 4.98 Å². The third-order valence-corrected chi connectivity index (χ3v) is 3.59. The lowest BCUT2D eigenvalue weighted by Gasteiger charge is -2.08. The second kappa shape index (κ2) is 5.57. The zero-order valence-corrected chi connectivity index (χ0v) is 11.9. The lowest BCUT2D eigenvalue weighted by Crippen LogP contribution is -2.05. The predicted octanol–water partition coefficient (Wildman–Crippen LogP) is 3.10. The Labute approximate surface area is 126 Å². The lowest BCUT2D eigenvalue weighted by molar-refractivity contribution is 0.267. The summed E-state index contributed by atoms with van der Waals surface area (Å²) in [6.07, 6.45) is 0. The summed E-state index contributed by atoms with van der Waals surface area (Å²) in [5.41, 5.74) is 3.36. The molecule has 0 saturated carbocycles. The lowest BCUT2D eigenvalue weighted by atomic mass is 10.1. The summed E-state index contributed by atoms with van der Waals surface area (Å²) in [4.78, 5) is 4.40. The van der Waals surface area contributed by atoms with Gasteiger partial charge < -0.3 is 9.67 Å². The number of hydrogen-bond donors (Lipinski definition) is 1. The van der Waals surface area contributed by atoms with Crippen molar-refractivity contribution in [3.05, 3.63) is 64.4 Å². The maximum Gasteiger partial charge on any atom is 0.136 e. The molecule has 104 valence electrons. The molecule has 0 aliphatic carbocycles. The van der Waals surface area contributed by atoms with Gasteiger partial charge in [0.05, 0.1) is 22.7 Å². The average Bonchev–Trinajstić information content (AvgIpc) is 2.85. The van der Waals surface area contributed by atoms with E-state index in [9.17, 15) is 5.11 Å². The van der Waals surface area contributed by atoms with Gasteiger partial charge in [0.25, 0.3) is 0 Å². The molecule has 1 heterocycles. The van der Waals surface area contributed by atoms with Gasteiger partial charge in [0.2, 0.25) is 0 Å². The fraction of sp³-hybridized carbons (Fsp3) is 0.125. The van der Waals surface area contributed by atoms with E-state index in [1.165, 1.54) is 0 Å². The van der Waals surface area contributed by atoms with Crippen molar-refractivity contribution in [2.75, 3.05) is 0 Å². The van der Waals surface area contributed by atoms with Gasteiger partial charge >= 0.3 is 0 Å². The first-order valence-electron chi connectivity index (χ1n) is 6.46. The largest absolute Gasteiger partial charge is 0.388 e. The molecule has 1 N–H and O–H groups in total. The summed E-state index contributed by atoms with van der Waals surface area (Å²) in [7, 11) is 0. The molecular formula is C16H12ClN3O. The summed E-state index contributed by atoms with van der Waals surface area (Å²) < 4.78 is 1.95. The molecule has 2 aromatic carbocycles. The van der Waals surface area contributed by atoms with Crippen LogP contribution in [-0.2, 0) is 13.2 Å². The summed E-state index contributed by atoms with van der Waals surface area (Å²) in [6, 6.07) is 15.0. The number of rotatable bonds is 3. The van der Waals surface area contributed by atoms with Crippen molar-refractivity contribution >= 4 is 22.6 Å². The molecular weight excluding hydrogens is 286 g/mol. The third-order valence-electron chi connectivity index (χ3n) is 3.35. The normalized spacial score (nSPS) is 10.7. The zero-order valence-electron chi connectivity index (χ0n) is 11.1. The summed E-state index contributed by atoms with van der Waals surface area (Å²) in [6.45, 7) is 0.447. The number of imidazole rings is 1. The number of benzene rings is 2. The monoisotopic (exact) mass is 297 g/mol. The van der Waals surface area contributed by atoms with Crippen molar-refractivity contribution in [2.24, 2.45) is 0 Å². The fourth-order valence-corrected chi connectivity index (χ4v) is 2.48. The van der Waals surface area contributed by atoms with Crippen LogP contribution in [0.3, 0.4) is 0 Å². The number of halogens is 1. The number of aliphatic hydroxyl groups excluding tert-OH is 1. The van der Waals surface area contributed by atoms with Gasteiger partial charge in [-0.05, 0) is 35.9 Å². The fourth-order valence-electron chi connectivity index (χ4n) is 2.32. The molecule has 0 aliphatic heterocycles. The Morgan fingerprint density at radius 3 is 2.62 bits per heavy atom. The van der Waals surface area contributed by atoms with Crippen LogP contribution in [-0.4, -0.2) is 14.7 Å². The molecule has 0 spiro atoms. The number of aliphatic hydroxyl groups is 1. The summed E-state index contributed by atoms with van der Waals surface area (Å²) in [5, 5.41) is 18.9. The van der Waals surface area contributed by atoms with Gasteiger partial charge in [-0.15, -0.1) is 0 Å². The number of hydrogen-bond acceptors (Lipinski definition) is 3. The van der Waals surface area contributed by atoms with Crippen LogP contribution in [0.5, 0.6) is 0 Å². The highest BCUT2D eigenvalue weighted by atomic mass is 35.5. The molecule has 0 bridgehead atoms. The Hall–Kier alpha value is -2.35. The third kappa shape index (κ3) is 2.62. The molecule has 3 aromatic rings. The zero-order chi connectivity index (χ0) is 14.8. The van der Waals surface area contributed by atoms with Crippen molar-refractivity contribution in [2.45, 2.75) is 13.2 Å². The van der Waals surface area contributed by atoms with Crippen LogP contribution in [0.1, 0.15) is 17.0 Å². The van der Waals surface area contributed by atoms with Crippen molar-refractivity contribution in [1.82, 2.24) is 9.55 Å². The van der Waals surface area contributed by atoms with Gasteiger partial charge in [-0.2, -0.15) is 5.26 Å². The van der Waals surface area contributed by atoms with Crippen LogP contribution in [0.15, 0.2) is 42.5 Å². The molecule has 0 aliphatic rings. The Morgan fingerprint density at radius 1 is 1.19 bits per heavy atom. The number of fused-ring (bicyclic) bond motifs is 1. The molecule has 1 aromatic heterocycles. The van der Waals surface area contributed by atoms with E-state index >= 15 is 0 Å². The van der Waals surface area contributed by atoms with E-state index in [0.29, 0.717) is 23.0 Å². The molecule has 5 heteroatoms. The summed E-state index contributed by atoms with van der Waals surface area (Å²) in [5.74, 6) is 0.594. The van der Waals surface area contributed by atoms with Gasteiger partial charge in [0.1, 0.15) is 12.4 Å².